The van der Waals surface area contributed by atoms with Gasteiger partial charge in [0.1, 0.15) is 4.90 Å². The molecule has 0 aromatic carbocycles. The Morgan fingerprint density at radius 3 is 2.50 bits per heavy atom. The third-order valence-electron chi connectivity index (χ3n) is 3.52. The van der Waals surface area contributed by atoms with E-state index < -0.39 is 15.9 Å². The predicted molar refractivity (Wildman–Crippen MR) is 73.8 cm³/mol. The van der Waals surface area contributed by atoms with Crippen LogP contribution in [0, 0.1) is 0 Å². The van der Waals surface area contributed by atoms with E-state index >= 15 is 0 Å². The highest BCUT2D eigenvalue weighted by Gasteiger charge is 2.30. The van der Waals surface area contributed by atoms with Gasteiger partial charge in [0.2, 0.25) is 10.0 Å². The summed E-state index contributed by atoms with van der Waals surface area (Å²) in [6.07, 6.45) is 3.98. The first kappa shape index (κ1) is 15.0. The molecule has 2 rings (SSSR count). The maximum atomic E-state index is 12.2. The van der Waals surface area contributed by atoms with Crippen LogP contribution in [0.15, 0.2) is 4.90 Å². The molecule has 4 N–H and O–H groups in total. The molecular formula is C12H20N4O3S. The van der Waals surface area contributed by atoms with Gasteiger partial charge in [-0.25, -0.2) is 13.6 Å². The number of nitrogens with two attached hydrogens (primary N) is 1. The molecule has 20 heavy (non-hydrogen) atoms. The van der Waals surface area contributed by atoms with Crippen LogP contribution in [0.4, 0.5) is 0 Å². The van der Waals surface area contributed by atoms with Crippen LogP contribution in [-0.4, -0.2) is 30.6 Å². The van der Waals surface area contributed by atoms with Gasteiger partial charge in [-0.1, -0.05) is 26.7 Å². The summed E-state index contributed by atoms with van der Waals surface area (Å²) in [5, 5.41) is 14.5. The number of primary sulfonamides is 1. The number of nitrogens with one attached hydrogen (secondary N) is 2. The number of sulfonamides is 1. The van der Waals surface area contributed by atoms with E-state index in [1.807, 2.05) is 0 Å². The molecule has 7 nitrogen and oxygen atoms in total. The molecule has 1 fully saturated rings. The lowest BCUT2D eigenvalue weighted by Crippen LogP contribution is -2.34. The van der Waals surface area contributed by atoms with Gasteiger partial charge in [-0.2, -0.15) is 5.10 Å². The summed E-state index contributed by atoms with van der Waals surface area (Å²) in [5.41, 5.74) is 0.229. The second-order valence-electron chi connectivity index (χ2n) is 5.47. The lowest BCUT2D eigenvalue weighted by molar-refractivity contribution is 0.0929. The van der Waals surface area contributed by atoms with E-state index in [0.29, 0.717) is 5.69 Å². The van der Waals surface area contributed by atoms with Gasteiger partial charge < -0.3 is 5.32 Å². The zero-order chi connectivity index (χ0) is 14.9. The second-order valence-corrected chi connectivity index (χ2v) is 6.97. The molecule has 1 aliphatic carbocycles. The summed E-state index contributed by atoms with van der Waals surface area (Å²) in [5.74, 6) is -0.604. The minimum atomic E-state index is -4.00. The summed E-state index contributed by atoms with van der Waals surface area (Å²) >= 11 is 0. The lowest BCUT2D eigenvalue weighted by atomic mass is 10.1. The molecule has 0 atom stereocenters. The van der Waals surface area contributed by atoms with Crippen molar-refractivity contribution in [2.75, 3.05) is 0 Å². The van der Waals surface area contributed by atoms with Crippen molar-refractivity contribution in [1.82, 2.24) is 15.5 Å². The van der Waals surface area contributed by atoms with Crippen molar-refractivity contribution in [3.8, 4) is 0 Å². The standard InChI is InChI=1S/C12H20N4O3S/c1-7(2)9-11(20(13,18)19)10(16-15-9)12(17)14-8-5-3-4-6-8/h7-8H,3-6H2,1-2H3,(H,14,17)(H,15,16)(H2,13,18,19). The van der Waals surface area contributed by atoms with E-state index in [1.54, 1.807) is 13.8 Å². The van der Waals surface area contributed by atoms with Crippen LogP contribution in [0.2, 0.25) is 0 Å². The molecule has 1 saturated carbocycles. The number of H-pyrrole nitrogens is 1. The minimum absolute atomic E-state index is 0.0926. The second kappa shape index (κ2) is 5.53. The highest BCUT2D eigenvalue weighted by Crippen LogP contribution is 2.24. The Morgan fingerprint density at radius 2 is 2.00 bits per heavy atom. The van der Waals surface area contributed by atoms with Gasteiger partial charge in [0, 0.05) is 6.04 Å². The number of carbonyl (C=O) groups excluding carboxylic acids is 1. The fraction of sp³-hybridized carbons (Fsp3) is 0.667. The molecule has 0 saturated heterocycles. The molecule has 1 aromatic heterocycles. The normalized spacial score (nSPS) is 16.8. The third kappa shape index (κ3) is 3.01. The Morgan fingerprint density at radius 1 is 1.40 bits per heavy atom. The molecule has 0 radical (unpaired) electrons. The van der Waals surface area contributed by atoms with Gasteiger partial charge in [0.25, 0.3) is 5.91 Å². The predicted octanol–water partition coefficient (Wildman–Crippen LogP) is 0.853. The maximum Gasteiger partial charge on any atom is 0.273 e. The van der Waals surface area contributed by atoms with Crippen molar-refractivity contribution in [3.63, 3.8) is 0 Å². The smallest absolute Gasteiger partial charge is 0.273 e. The van der Waals surface area contributed by atoms with Crippen molar-refractivity contribution in [3.05, 3.63) is 11.4 Å². The number of aromatic nitrogens is 2. The van der Waals surface area contributed by atoms with Crippen LogP contribution in [0.25, 0.3) is 0 Å². The molecule has 1 aliphatic rings. The molecule has 0 bridgehead atoms. The third-order valence-corrected chi connectivity index (χ3v) is 4.50. The van der Waals surface area contributed by atoms with Crippen molar-refractivity contribution >= 4 is 15.9 Å². The number of carbonyl (C=O) groups is 1. The Bertz CT molecular complexity index is 600. The van der Waals surface area contributed by atoms with Gasteiger partial charge in [0.05, 0.1) is 5.69 Å². The number of rotatable bonds is 4. The first-order valence-electron chi connectivity index (χ1n) is 6.72. The van der Waals surface area contributed by atoms with Crippen molar-refractivity contribution in [2.24, 2.45) is 5.14 Å². The Hall–Kier alpha value is -1.41. The van der Waals surface area contributed by atoms with Crippen LogP contribution < -0.4 is 10.5 Å². The number of aromatic amines is 1. The Labute approximate surface area is 118 Å². The molecule has 112 valence electrons. The van der Waals surface area contributed by atoms with Crippen LogP contribution in [0.1, 0.15) is 61.6 Å². The summed E-state index contributed by atoms with van der Waals surface area (Å²) in [6, 6.07) is 0.0926. The minimum Gasteiger partial charge on any atom is -0.348 e. The van der Waals surface area contributed by atoms with E-state index in [1.165, 1.54) is 0 Å². The fourth-order valence-electron chi connectivity index (χ4n) is 2.50. The van der Waals surface area contributed by atoms with Gasteiger partial charge in [-0.3, -0.25) is 9.89 Å². The molecule has 1 amide bonds. The zero-order valence-corrected chi connectivity index (χ0v) is 12.5. The molecule has 0 unspecified atom stereocenters. The van der Waals surface area contributed by atoms with Crippen LogP contribution in [0.3, 0.4) is 0 Å². The zero-order valence-electron chi connectivity index (χ0n) is 11.6. The highest BCUT2D eigenvalue weighted by molar-refractivity contribution is 7.89. The summed E-state index contributed by atoms with van der Waals surface area (Å²) in [6.45, 7) is 3.61. The molecule has 0 spiro atoms. The van der Waals surface area contributed by atoms with Gasteiger partial charge in [-0.15, -0.1) is 0 Å². The summed E-state index contributed by atoms with van der Waals surface area (Å²) in [4.78, 5) is 12.0. The average molecular weight is 300 g/mol. The molecule has 8 heteroatoms. The summed E-state index contributed by atoms with van der Waals surface area (Å²) in [7, 11) is -4.00. The largest absolute Gasteiger partial charge is 0.348 e. The van der Waals surface area contributed by atoms with Crippen molar-refractivity contribution < 1.29 is 13.2 Å². The Balaban J connectivity index is 2.33. The van der Waals surface area contributed by atoms with E-state index in [9.17, 15) is 13.2 Å². The van der Waals surface area contributed by atoms with Crippen LogP contribution in [0.5, 0.6) is 0 Å². The van der Waals surface area contributed by atoms with Crippen molar-refractivity contribution in [1.29, 1.82) is 0 Å². The van der Waals surface area contributed by atoms with E-state index in [2.05, 4.69) is 15.5 Å². The van der Waals surface area contributed by atoms with Gasteiger partial charge in [-0.05, 0) is 18.8 Å². The van der Waals surface area contributed by atoms with E-state index in [-0.39, 0.29) is 22.5 Å². The average Bonchev–Trinajstić information content (AvgIpc) is 2.95. The number of hydrogen-bond donors (Lipinski definition) is 3. The lowest BCUT2D eigenvalue weighted by Gasteiger charge is -2.11. The molecule has 0 aliphatic heterocycles. The topological polar surface area (TPSA) is 118 Å². The van der Waals surface area contributed by atoms with Gasteiger partial charge in [0.15, 0.2) is 5.69 Å². The maximum absolute atomic E-state index is 12.2. The molecule has 1 aromatic rings. The summed E-state index contributed by atoms with van der Waals surface area (Å²) < 4.78 is 23.4. The Kier molecular flexibility index (Phi) is 4.14. The van der Waals surface area contributed by atoms with Gasteiger partial charge >= 0.3 is 0 Å². The molecular weight excluding hydrogens is 280 g/mol. The van der Waals surface area contributed by atoms with E-state index in [0.717, 1.165) is 25.7 Å². The van der Waals surface area contributed by atoms with E-state index in [4.69, 9.17) is 5.14 Å². The van der Waals surface area contributed by atoms with Crippen molar-refractivity contribution in [2.45, 2.75) is 56.4 Å². The number of nitrogens with zero attached hydrogens (tertiary/aromatic N) is 1. The monoisotopic (exact) mass is 300 g/mol. The number of hydrogen-bond acceptors (Lipinski definition) is 4. The quantitative estimate of drug-likeness (QED) is 0.764. The first-order valence-corrected chi connectivity index (χ1v) is 8.27. The first-order chi connectivity index (χ1) is 9.30. The highest BCUT2D eigenvalue weighted by atomic mass is 32.2. The molecule has 1 heterocycles. The number of amides is 1. The SMILES string of the molecule is CC(C)c1[nH]nc(C(=O)NC2CCCC2)c1S(N)(=O)=O. The van der Waals surface area contributed by atoms with Crippen LogP contribution in [-0.2, 0) is 10.0 Å². The van der Waals surface area contributed by atoms with Crippen LogP contribution >= 0.6 is 0 Å². The fourth-order valence-corrected chi connectivity index (χ4v) is 3.50.